The molecular weight excluding hydrogens is 142 g/mol. The zero-order valence-corrected chi connectivity index (χ0v) is 6.85. The summed E-state index contributed by atoms with van der Waals surface area (Å²) < 4.78 is 0. The maximum atomic E-state index is 10.6. The van der Waals surface area contributed by atoms with Crippen LogP contribution in [0.4, 0.5) is 0 Å². The van der Waals surface area contributed by atoms with Crippen molar-refractivity contribution < 1.29 is 9.90 Å². The molecule has 11 heavy (non-hydrogen) atoms. The first-order valence-corrected chi connectivity index (χ1v) is 3.42. The van der Waals surface area contributed by atoms with Gasteiger partial charge in [-0.3, -0.25) is 4.79 Å². The molecule has 0 aromatic heterocycles. The maximum Gasteiger partial charge on any atom is 0.323 e. The fraction of sp³-hybridized carbons (Fsp3) is 0.625. The lowest BCUT2D eigenvalue weighted by atomic mass is 9.97. The molecule has 0 aliphatic heterocycles. The number of carbonyl (C=O) groups is 1. The molecule has 0 radical (unpaired) electrons. The first-order chi connectivity index (χ1) is 5.06. The second-order valence-corrected chi connectivity index (χ2v) is 2.59. The summed E-state index contributed by atoms with van der Waals surface area (Å²) in [6.07, 6.45) is 5.95. The Hall–Kier alpha value is -1.01. The van der Waals surface area contributed by atoms with Gasteiger partial charge in [0.2, 0.25) is 0 Å². The summed E-state index contributed by atoms with van der Waals surface area (Å²) >= 11 is 0. The van der Waals surface area contributed by atoms with Gasteiger partial charge in [-0.15, -0.1) is 12.3 Å². The molecule has 0 aliphatic rings. The highest BCUT2D eigenvalue weighted by atomic mass is 16.4. The Morgan fingerprint density at radius 2 is 2.36 bits per heavy atom. The second kappa shape index (κ2) is 3.99. The van der Waals surface area contributed by atoms with Gasteiger partial charge in [-0.2, -0.15) is 0 Å². The van der Waals surface area contributed by atoms with Crippen molar-refractivity contribution >= 4 is 5.97 Å². The number of rotatable bonds is 4. The molecule has 3 heteroatoms. The van der Waals surface area contributed by atoms with E-state index in [1.165, 1.54) is 0 Å². The standard InChI is InChI=1S/C8H13NO2/c1-4-5-6-8(2,9-3)7(10)11/h1,9H,5-6H2,2-3H3,(H,10,11). The number of hydrogen-bond donors (Lipinski definition) is 2. The Kier molecular flexibility index (Phi) is 3.63. The van der Waals surface area contributed by atoms with Gasteiger partial charge in [0.15, 0.2) is 0 Å². The third-order valence-corrected chi connectivity index (χ3v) is 1.79. The third kappa shape index (κ3) is 2.60. The SMILES string of the molecule is C#CCCC(C)(NC)C(=O)O. The fourth-order valence-electron chi connectivity index (χ4n) is 0.661. The van der Waals surface area contributed by atoms with Gasteiger partial charge in [0.05, 0.1) is 0 Å². The Morgan fingerprint density at radius 1 is 1.82 bits per heavy atom. The van der Waals surface area contributed by atoms with E-state index in [1.54, 1.807) is 14.0 Å². The Balaban J connectivity index is 4.13. The number of carboxylic acids is 1. The van der Waals surface area contributed by atoms with Crippen molar-refractivity contribution in [3.63, 3.8) is 0 Å². The molecule has 62 valence electrons. The molecule has 1 unspecified atom stereocenters. The van der Waals surface area contributed by atoms with E-state index in [0.29, 0.717) is 12.8 Å². The van der Waals surface area contributed by atoms with Gasteiger partial charge in [-0.25, -0.2) is 0 Å². The van der Waals surface area contributed by atoms with Crippen LogP contribution in [0.2, 0.25) is 0 Å². The molecule has 0 rings (SSSR count). The van der Waals surface area contributed by atoms with Crippen LogP contribution in [0.25, 0.3) is 0 Å². The second-order valence-electron chi connectivity index (χ2n) is 2.59. The lowest BCUT2D eigenvalue weighted by Crippen LogP contribution is -2.47. The molecule has 0 saturated carbocycles. The summed E-state index contributed by atoms with van der Waals surface area (Å²) in [6.45, 7) is 1.62. The first kappa shape index (κ1) is 9.99. The van der Waals surface area contributed by atoms with E-state index in [9.17, 15) is 4.79 Å². The minimum absolute atomic E-state index is 0.454. The summed E-state index contributed by atoms with van der Waals surface area (Å²) in [4.78, 5) is 10.6. The van der Waals surface area contributed by atoms with Gasteiger partial charge in [-0.05, 0) is 20.4 Å². The van der Waals surface area contributed by atoms with Gasteiger partial charge in [0.1, 0.15) is 5.54 Å². The van der Waals surface area contributed by atoms with E-state index >= 15 is 0 Å². The predicted octanol–water partition coefficient (Wildman–Crippen LogP) is 0.463. The Morgan fingerprint density at radius 3 is 2.64 bits per heavy atom. The Bertz CT molecular complexity index is 183. The molecule has 1 atom stereocenters. The van der Waals surface area contributed by atoms with Crippen LogP contribution in [0, 0.1) is 12.3 Å². The summed E-state index contributed by atoms with van der Waals surface area (Å²) in [5.74, 6) is 1.54. The molecule has 0 bridgehead atoms. The monoisotopic (exact) mass is 155 g/mol. The van der Waals surface area contributed by atoms with Gasteiger partial charge >= 0.3 is 5.97 Å². The molecule has 0 spiro atoms. The van der Waals surface area contributed by atoms with Crippen LogP contribution >= 0.6 is 0 Å². The molecule has 3 nitrogen and oxygen atoms in total. The van der Waals surface area contributed by atoms with Crippen LogP contribution in [-0.4, -0.2) is 23.7 Å². The number of nitrogens with one attached hydrogen (secondary N) is 1. The summed E-state index contributed by atoms with van der Waals surface area (Å²) in [5, 5.41) is 11.4. The van der Waals surface area contributed by atoms with Crippen LogP contribution in [0.15, 0.2) is 0 Å². The minimum atomic E-state index is -0.883. The van der Waals surface area contributed by atoms with E-state index in [4.69, 9.17) is 11.5 Å². The smallest absolute Gasteiger partial charge is 0.323 e. The highest BCUT2D eigenvalue weighted by molar-refractivity contribution is 5.78. The number of aliphatic carboxylic acids is 1. The number of hydrogen-bond acceptors (Lipinski definition) is 2. The van der Waals surface area contributed by atoms with E-state index in [1.807, 2.05) is 0 Å². The summed E-state index contributed by atoms with van der Waals surface area (Å²) in [6, 6.07) is 0. The largest absolute Gasteiger partial charge is 0.480 e. The van der Waals surface area contributed by atoms with Crippen molar-refractivity contribution in [2.45, 2.75) is 25.3 Å². The molecular formula is C8H13NO2. The van der Waals surface area contributed by atoms with Gasteiger partial charge in [0.25, 0.3) is 0 Å². The summed E-state index contributed by atoms with van der Waals surface area (Å²) in [5.41, 5.74) is -0.883. The van der Waals surface area contributed by atoms with Crippen molar-refractivity contribution in [2.75, 3.05) is 7.05 Å². The molecule has 0 amide bonds. The molecule has 0 fully saturated rings. The van der Waals surface area contributed by atoms with E-state index in [-0.39, 0.29) is 0 Å². The Labute approximate surface area is 66.8 Å². The van der Waals surface area contributed by atoms with Gasteiger partial charge in [0, 0.05) is 6.42 Å². The van der Waals surface area contributed by atoms with E-state index in [0.717, 1.165) is 0 Å². The molecule has 0 aromatic rings. The fourth-order valence-corrected chi connectivity index (χ4v) is 0.661. The van der Waals surface area contributed by atoms with Crippen LogP contribution in [0.3, 0.4) is 0 Å². The highest BCUT2D eigenvalue weighted by Gasteiger charge is 2.29. The lowest BCUT2D eigenvalue weighted by molar-refractivity contribution is -0.144. The van der Waals surface area contributed by atoms with Crippen molar-refractivity contribution in [1.29, 1.82) is 0 Å². The molecule has 0 aliphatic carbocycles. The average molecular weight is 155 g/mol. The van der Waals surface area contributed by atoms with Crippen molar-refractivity contribution in [2.24, 2.45) is 0 Å². The zero-order chi connectivity index (χ0) is 8.91. The van der Waals surface area contributed by atoms with Crippen molar-refractivity contribution in [3.05, 3.63) is 0 Å². The molecule has 0 aromatic carbocycles. The topological polar surface area (TPSA) is 49.3 Å². The van der Waals surface area contributed by atoms with Crippen molar-refractivity contribution in [3.8, 4) is 12.3 Å². The van der Waals surface area contributed by atoms with Crippen LogP contribution in [0.5, 0.6) is 0 Å². The number of carboxylic acid groups (broad SMARTS) is 1. The summed E-state index contributed by atoms with van der Waals surface area (Å²) in [7, 11) is 1.62. The van der Waals surface area contributed by atoms with Crippen LogP contribution in [0.1, 0.15) is 19.8 Å². The maximum absolute atomic E-state index is 10.6. The number of likely N-dealkylation sites (N-methyl/N-ethyl adjacent to an activating group) is 1. The highest BCUT2D eigenvalue weighted by Crippen LogP contribution is 2.10. The van der Waals surface area contributed by atoms with Gasteiger partial charge < -0.3 is 10.4 Å². The van der Waals surface area contributed by atoms with Crippen LogP contribution in [-0.2, 0) is 4.79 Å². The van der Waals surface area contributed by atoms with Crippen molar-refractivity contribution in [1.82, 2.24) is 5.32 Å². The predicted molar refractivity (Wildman–Crippen MR) is 43.2 cm³/mol. The normalized spacial score (nSPS) is 15.0. The molecule has 0 saturated heterocycles. The first-order valence-electron chi connectivity index (χ1n) is 3.42. The molecule has 2 N–H and O–H groups in total. The van der Waals surface area contributed by atoms with Crippen LogP contribution < -0.4 is 5.32 Å². The lowest BCUT2D eigenvalue weighted by Gasteiger charge is -2.22. The minimum Gasteiger partial charge on any atom is -0.480 e. The van der Waals surface area contributed by atoms with Gasteiger partial charge in [-0.1, -0.05) is 0 Å². The van der Waals surface area contributed by atoms with E-state index < -0.39 is 11.5 Å². The average Bonchev–Trinajstić information content (AvgIpc) is 2.00. The quantitative estimate of drug-likeness (QED) is 0.580. The molecule has 0 heterocycles. The van der Waals surface area contributed by atoms with E-state index in [2.05, 4.69) is 11.2 Å². The third-order valence-electron chi connectivity index (χ3n) is 1.79. The number of terminal acetylenes is 1. The zero-order valence-electron chi connectivity index (χ0n) is 6.85.